The second-order valence-electron chi connectivity index (χ2n) is 2.38. The summed E-state index contributed by atoms with van der Waals surface area (Å²) in [5, 5.41) is 8.96. The van der Waals surface area contributed by atoms with Crippen molar-refractivity contribution in [2.24, 2.45) is 0 Å². The summed E-state index contributed by atoms with van der Waals surface area (Å²) in [6.45, 7) is 0. The molecule has 0 saturated carbocycles. The maximum atomic E-state index is 13.0. The number of ether oxygens (including phenoxy) is 1. The smallest absolute Gasteiger partial charge is 0.340 e. The van der Waals surface area contributed by atoms with Crippen molar-refractivity contribution in [1.82, 2.24) is 0 Å². The van der Waals surface area contributed by atoms with Crippen LogP contribution in [0.25, 0.3) is 0 Å². The van der Waals surface area contributed by atoms with E-state index in [1.54, 1.807) is 0 Å². The zero-order valence-corrected chi connectivity index (χ0v) is 6.87. The largest absolute Gasteiger partial charge is 0.506 e. The number of halogens is 1. The summed E-state index contributed by atoms with van der Waals surface area (Å²) < 4.78 is 17.2. The molecule has 0 saturated heterocycles. The Labute approximate surface area is 73.7 Å². The molecule has 0 unspecified atom stereocenters. The third-order valence-electron chi connectivity index (χ3n) is 1.52. The second kappa shape index (κ2) is 3.30. The Balaban J connectivity index is 3.23. The van der Waals surface area contributed by atoms with Crippen LogP contribution in [0.2, 0.25) is 0 Å². The van der Waals surface area contributed by atoms with Gasteiger partial charge in [-0.3, -0.25) is 0 Å². The fraction of sp³-hybridized carbons (Fsp3) is 0.125. The highest BCUT2D eigenvalue weighted by Gasteiger charge is 2.14. The van der Waals surface area contributed by atoms with Crippen LogP contribution in [0.15, 0.2) is 12.1 Å². The first-order valence-electron chi connectivity index (χ1n) is 3.42. The number of hydrogen-bond acceptors (Lipinski definition) is 4. The molecule has 0 atom stereocenters. The van der Waals surface area contributed by atoms with E-state index >= 15 is 0 Å². The molecule has 1 rings (SSSR count). The molecule has 0 aliphatic heterocycles. The third kappa shape index (κ3) is 1.69. The molecule has 0 radical (unpaired) electrons. The van der Waals surface area contributed by atoms with Crippen LogP contribution >= 0.6 is 0 Å². The van der Waals surface area contributed by atoms with Crippen molar-refractivity contribution in [2.75, 3.05) is 12.8 Å². The predicted molar refractivity (Wildman–Crippen MR) is 43.8 cm³/mol. The molecule has 1 aromatic rings. The summed E-state index contributed by atoms with van der Waals surface area (Å²) in [7, 11) is 1.13. The van der Waals surface area contributed by atoms with E-state index in [1.807, 2.05) is 0 Å². The van der Waals surface area contributed by atoms with Gasteiger partial charge in [-0.15, -0.1) is 0 Å². The molecule has 0 aromatic heterocycles. The third-order valence-corrected chi connectivity index (χ3v) is 1.52. The molecule has 13 heavy (non-hydrogen) atoms. The summed E-state index contributed by atoms with van der Waals surface area (Å²) in [5.41, 5.74) is 4.90. The number of nitrogens with two attached hydrogens (primary N) is 1. The predicted octanol–water partition coefficient (Wildman–Crippen LogP) is 0.900. The molecule has 0 fully saturated rings. The van der Waals surface area contributed by atoms with Crippen molar-refractivity contribution in [3.8, 4) is 5.75 Å². The number of anilines is 1. The topological polar surface area (TPSA) is 72.5 Å². The molecule has 70 valence electrons. The lowest BCUT2D eigenvalue weighted by Crippen LogP contribution is -2.05. The standard InChI is InChI=1S/C8H8FNO3/c1-13-8(12)4-2-6(10)7(11)3-5(4)9/h2-3,11H,10H2,1H3. The van der Waals surface area contributed by atoms with Gasteiger partial charge in [0.2, 0.25) is 0 Å². The van der Waals surface area contributed by atoms with Crippen LogP contribution in [-0.2, 0) is 4.74 Å². The van der Waals surface area contributed by atoms with Gasteiger partial charge in [-0.25, -0.2) is 9.18 Å². The van der Waals surface area contributed by atoms with Gasteiger partial charge in [0.05, 0.1) is 18.4 Å². The Bertz CT molecular complexity index is 351. The van der Waals surface area contributed by atoms with Crippen molar-refractivity contribution < 1.29 is 19.0 Å². The summed E-state index contributed by atoms with van der Waals surface area (Å²) in [6.07, 6.45) is 0. The van der Waals surface area contributed by atoms with Crippen molar-refractivity contribution in [3.63, 3.8) is 0 Å². The van der Waals surface area contributed by atoms with E-state index in [4.69, 9.17) is 10.8 Å². The number of phenols is 1. The van der Waals surface area contributed by atoms with Gasteiger partial charge >= 0.3 is 5.97 Å². The number of carbonyl (C=O) groups is 1. The van der Waals surface area contributed by atoms with Crippen LogP contribution in [0, 0.1) is 5.82 Å². The minimum atomic E-state index is -0.862. The quantitative estimate of drug-likeness (QED) is 0.387. The van der Waals surface area contributed by atoms with E-state index < -0.39 is 17.5 Å². The van der Waals surface area contributed by atoms with Gasteiger partial charge < -0.3 is 15.6 Å². The first kappa shape index (κ1) is 9.31. The Morgan fingerprint density at radius 2 is 2.23 bits per heavy atom. The van der Waals surface area contributed by atoms with E-state index in [0.717, 1.165) is 19.2 Å². The Kier molecular flexibility index (Phi) is 2.36. The zero-order valence-electron chi connectivity index (χ0n) is 6.87. The van der Waals surface area contributed by atoms with Gasteiger partial charge in [0.1, 0.15) is 11.6 Å². The normalized spacial score (nSPS) is 9.69. The Hall–Kier alpha value is -1.78. The van der Waals surface area contributed by atoms with Crippen molar-refractivity contribution in [1.29, 1.82) is 0 Å². The summed E-state index contributed by atoms with van der Waals surface area (Å²) in [4.78, 5) is 10.9. The molecule has 4 nitrogen and oxygen atoms in total. The summed E-state index contributed by atoms with van der Waals surface area (Å²) >= 11 is 0. The Morgan fingerprint density at radius 1 is 1.62 bits per heavy atom. The summed E-state index contributed by atoms with van der Waals surface area (Å²) in [6, 6.07) is 1.79. The molecular weight excluding hydrogens is 177 g/mol. The molecule has 0 spiro atoms. The zero-order chi connectivity index (χ0) is 10.0. The number of aromatic hydroxyl groups is 1. The van der Waals surface area contributed by atoms with E-state index in [-0.39, 0.29) is 11.3 Å². The lowest BCUT2D eigenvalue weighted by molar-refractivity contribution is 0.0595. The van der Waals surface area contributed by atoms with E-state index in [9.17, 15) is 9.18 Å². The number of phenolic OH excluding ortho intramolecular Hbond substituents is 1. The van der Waals surface area contributed by atoms with Crippen LogP contribution < -0.4 is 5.73 Å². The number of benzene rings is 1. The van der Waals surface area contributed by atoms with Gasteiger partial charge in [-0.1, -0.05) is 0 Å². The molecule has 0 aliphatic carbocycles. The summed E-state index contributed by atoms with van der Waals surface area (Å²) in [5.74, 6) is -2.09. The first-order chi connectivity index (χ1) is 6.06. The van der Waals surface area contributed by atoms with Gasteiger partial charge in [0.15, 0.2) is 0 Å². The van der Waals surface area contributed by atoms with Gasteiger partial charge in [0, 0.05) is 6.07 Å². The van der Waals surface area contributed by atoms with Crippen molar-refractivity contribution >= 4 is 11.7 Å². The van der Waals surface area contributed by atoms with E-state index in [1.165, 1.54) is 0 Å². The fourth-order valence-electron chi connectivity index (χ4n) is 0.846. The minimum absolute atomic E-state index is 0.0678. The fourth-order valence-corrected chi connectivity index (χ4v) is 0.846. The van der Waals surface area contributed by atoms with Gasteiger partial charge in [0.25, 0.3) is 0 Å². The van der Waals surface area contributed by atoms with Gasteiger partial charge in [-0.05, 0) is 6.07 Å². The van der Waals surface area contributed by atoms with Crippen molar-refractivity contribution in [2.45, 2.75) is 0 Å². The maximum absolute atomic E-state index is 13.0. The molecular formula is C8H8FNO3. The highest BCUT2D eigenvalue weighted by Crippen LogP contribution is 2.23. The average Bonchev–Trinajstić information content (AvgIpc) is 2.10. The lowest BCUT2D eigenvalue weighted by Gasteiger charge is -2.03. The molecule has 1 aromatic carbocycles. The maximum Gasteiger partial charge on any atom is 0.340 e. The highest BCUT2D eigenvalue weighted by molar-refractivity contribution is 5.91. The molecule has 0 aliphatic rings. The number of methoxy groups -OCH3 is 1. The molecule has 3 N–H and O–H groups in total. The molecule has 0 bridgehead atoms. The number of rotatable bonds is 1. The van der Waals surface area contributed by atoms with Crippen molar-refractivity contribution in [3.05, 3.63) is 23.5 Å². The van der Waals surface area contributed by atoms with Crippen LogP contribution in [-0.4, -0.2) is 18.2 Å². The lowest BCUT2D eigenvalue weighted by atomic mass is 10.2. The van der Waals surface area contributed by atoms with E-state index in [0.29, 0.717) is 0 Å². The van der Waals surface area contributed by atoms with Crippen LogP contribution in [0.5, 0.6) is 5.75 Å². The highest BCUT2D eigenvalue weighted by atomic mass is 19.1. The first-order valence-corrected chi connectivity index (χ1v) is 3.42. The molecule has 5 heteroatoms. The Morgan fingerprint density at radius 3 is 2.77 bits per heavy atom. The van der Waals surface area contributed by atoms with E-state index in [2.05, 4.69) is 4.74 Å². The average molecular weight is 185 g/mol. The van der Waals surface area contributed by atoms with Crippen LogP contribution in [0.1, 0.15) is 10.4 Å². The SMILES string of the molecule is COC(=O)c1cc(N)c(O)cc1F. The number of esters is 1. The minimum Gasteiger partial charge on any atom is -0.506 e. The second-order valence-corrected chi connectivity index (χ2v) is 2.38. The number of hydrogen-bond donors (Lipinski definition) is 2. The number of carbonyl (C=O) groups excluding carboxylic acids is 1. The molecule has 0 heterocycles. The van der Waals surface area contributed by atoms with Gasteiger partial charge in [-0.2, -0.15) is 0 Å². The van der Waals surface area contributed by atoms with Crippen LogP contribution in [0.3, 0.4) is 0 Å². The van der Waals surface area contributed by atoms with Crippen LogP contribution in [0.4, 0.5) is 10.1 Å². The number of nitrogen functional groups attached to an aromatic ring is 1. The molecule has 0 amide bonds. The monoisotopic (exact) mass is 185 g/mol.